The van der Waals surface area contributed by atoms with Crippen molar-refractivity contribution in [2.45, 2.75) is 109 Å². The molecule has 0 saturated carbocycles. The smallest absolute Gasteiger partial charge is 0.192 e. The van der Waals surface area contributed by atoms with Crippen LogP contribution in [0.5, 0.6) is 0 Å². The molecule has 5 atom stereocenters. The van der Waals surface area contributed by atoms with E-state index in [1.54, 1.807) is 0 Å². The van der Waals surface area contributed by atoms with Crippen LogP contribution < -0.4 is 0 Å². The Morgan fingerprint density at radius 1 is 0.975 bits per heavy atom. The van der Waals surface area contributed by atoms with Gasteiger partial charge in [0.1, 0.15) is 12.2 Å². The third-order valence-electron chi connectivity index (χ3n) is 8.38. The third-order valence-corrected chi connectivity index (χ3v) is 13.4. The van der Waals surface area contributed by atoms with Crippen LogP contribution >= 0.6 is 15.9 Å². The van der Waals surface area contributed by atoms with Gasteiger partial charge in [0, 0.05) is 23.9 Å². The van der Waals surface area contributed by atoms with E-state index in [1.807, 2.05) is 18.2 Å². The van der Waals surface area contributed by atoms with Crippen LogP contribution in [-0.2, 0) is 36.6 Å². The molecule has 0 spiro atoms. The van der Waals surface area contributed by atoms with E-state index in [9.17, 15) is 0 Å². The molecule has 2 aromatic rings. The monoisotopic (exact) mass is 630 g/mol. The second-order valence-electron chi connectivity index (χ2n) is 12.7. The fourth-order valence-electron chi connectivity index (χ4n) is 4.78. The van der Waals surface area contributed by atoms with Crippen molar-refractivity contribution in [1.29, 1.82) is 0 Å². The maximum atomic E-state index is 6.56. The van der Waals surface area contributed by atoms with Crippen molar-refractivity contribution in [3.63, 3.8) is 0 Å². The molecule has 0 bridgehead atoms. The third kappa shape index (κ3) is 9.62. The highest BCUT2D eigenvalue weighted by Gasteiger charge is 2.44. The van der Waals surface area contributed by atoms with Crippen molar-refractivity contribution in [3.05, 3.63) is 81.8 Å². The number of halogens is 1. The fourth-order valence-corrected chi connectivity index (χ4v) is 6.05. The normalized spacial score (nSPS) is 25.7. The first kappa shape index (κ1) is 31.6. The molecular weight excluding hydrogens is 584 g/mol. The van der Waals surface area contributed by atoms with Gasteiger partial charge in [0.05, 0.1) is 38.1 Å². The van der Waals surface area contributed by atoms with Gasteiger partial charge in [0.15, 0.2) is 8.32 Å². The summed E-state index contributed by atoms with van der Waals surface area (Å²) in [5, 5.41) is 0.198. The first-order valence-electron chi connectivity index (χ1n) is 14.6. The van der Waals surface area contributed by atoms with Crippen molar-refractivity contribution in [2.24, 2.45) is 0 Å². The summed E-state index contributed by atoms with van der Waals surface area (Å²) in [4.78, 5) is 0. The lowest BCUT2D eigenvalue weighted by atomic mass is 9.97. The minimum Gasteiger partial charge on any atom is -0.414 e. The second-order valence-corrected chi connectivity index (χ2v) is 18.5. The van der Waals surface area contributed by atoms with E-state index in [0.29, 0.717) is 26.4 Å². The summed E-state index contributed by atoms with van der Waals surface area (Å²) in [7, 11) is -1.79. The van der Waals surface area contributed by atoms with E-state index < -0.39 is 8.32 Å². The summed E-state index contributed by atoms with van der Waals surface area (Å²) in [5.74, 6) is 0. The van der Waals surface area contributed by atoms with Crippen molar-refractivity contribution in [2.75, 3.05) is 13.2 Å². The zero-order chi connectivity index (χ0) is 28.8. The van der Waals surface area contributed by atoms with Gasteiger partial charge in [-0.25, -0.2) is 0 Å². The first-order chi connectivity index (χ1) is 19.0. The molecule has 0 unspecified atom stereocenters. The van der Waals surface area contributed by atoms with Gasteiger partial charge in [-0.1, -0.05) is 85.2 Å². The molecular formula is C33H47BrO5Si. The summed E-state index contributed by atoms with van der Waals surface area (Å²) < 4.78 is 32.5. The van der Waals surface area contributed by atoms with E-state index >= 15 is 0 Å². The molecule has 5 nitrogen and oxygen atoms in total. The minimum atomic E-state index is -1.79. The van der Waals surface area contributed by atoms with E-state index in [0.717, 1.165) is 23.7 Å². The largest absolute Gasteiger partial charge is 0.414 e. The second kappa shape index (κ2) is 14.2. The summed E-state index contributed by atoms with van der Waals surface area (Å²) in [6.45, 7) is 16.1. The summed E-state index contributed by atoms with van der Waals surface area (Å²) in [5.41, 5.74) is 3.59. The van der Waals surface area contributed by atoms with E-state index in [2.05, 4.69) is 99.2 Å². The van der Waals surface area contributed by atoms with Crippen LogP contribution in [0.2, 0.25) is 18.1 Å². The van der Waals surface area contributed by atoms with Crippen LogP contribution in [0.1, 0.15) is 58.1 Å². The van der Waals surface area contributed by atoms with Crippen LogP contribution in [0, 0.1) is 0 Å². The van der Waals surface area contributed by atoms with Gasteiger partial charge in [0.25, 0.3) is 0 Å². The number of rotatable bonds is 13. The lowest BCUT2D eigenvalue weighted by molar-refractivity contribution is -0.110. The Labute approximate surface area is 250 Å². The van der Waals surface area contributed by atoms with Gasteiger partial charge in [-0.3, -0.25) is 0 Å². The van der Waals surface area contributed by atoms with Crippen molar-refractivity contribution < 1.29 is 23.4 Å². The number of hydrogen-bond acceptors (Lipinski definition) is 5. The Bertz CT molecular complexity index is 1080. The molecule has 2 saturated heterocycles. The molecule has 4 rings (SSSR count). The molecule has 0 aliphatic carbocycles. The highest BCUT2D eigenvalue weighted by molar-refractivity contribution is 9.10. The number of ether oxygens (including phenoxy) is 4. The standard InChI is InChI=1S/C33H47BrO5Si/c1-24(32-31(39-32)23-37-40(5,6)33(2,3)4)18-30-20-29(36-22-25-10-8-7-9-11-25)19-28(38-30)16-17-35-21-26-12-14-27(34)15-13-26/h7-15,18,28-32H,16-17,19-23H2,1-6H3/b24-18+/t28-,29-,30+,31+,32+/m0/s1. The van der Waals surface area contributed by atoms with Crippen LogP contribution in [0.15, 0.2) is 70.7 Å². The number of benzene rings is 2. The Morgan fingerprint density at radius 2 is 1.68 bits per heavy atom. The highest BCUT2D eigenvalue weighted by Crippen LogP contribution is 2.39. The summed E-state index contributed by atoms with van der Waals surface area (Å²) in [6, 6.07) is 18.7. The van der Waals surface area contributed by atoms with Gasteiger partial charge in [0.2, 0.25) is 0 Å². The predicted molar refractivity (Wildman–Crippen MR) is 167 cm³/mol. The molecule has 2 aliphatic heterocycles. The van der Waals surface area contributed by atoms with Crippen LogP contribution in [0.3, 0.4) is 0 Å². The zero-order valence-electron chi connectivity index (χ0n) is 25.0. The maximum Gasteiger partial charge on any atom is 0.192 e. The molecule has 40 heavy (non-hydrogen) atoms. The maximum absolute atomic E-state index is 6.56. The van der Waals surface area contributed by atoms with Gasteiger partial charge < -0.3 is 23.4 Å². The number of epoxide rings is 1. The molecule has 7 heteroatoms. The van der Waals surface area contributed by atoms with Crippen LogP contribution in [0.25, 0.3) is 0 Å². The average molecular weight is 632 g/mol. The average Bonchev–Trinajstić information content (AvgIpc) is 3.70. The Morgan fingerprint density at radius 3 is 2.38 bits per heavy atom. The molecule has 2 aliphatic rings. The van der Waals surface area contributed by atoms with E-state index in [1.165, 1.54) is 16.7 Å². The Kier molecular flexibility index (Phi) is 11.2. The van der Waals surface area contributed by atoms with Crippen LogP contribution in [0.4, 0.5) is 0 Å². The molecule has 0 radical (unpaired) electrons. The Balaban J connectivity index is 1.31. The molecule has 2 aromatic carbocycles. The van der Waals surface area contributed by atoms with Crippen molar-refractivity contribution in [1.82, 2.24) is 0 Å². The van der Waals surface area contributed by atoms with Crippen molar-refractivity contribution >= 4 is 24.2 Å². The summed E-state index contributed by atoms with van der Waals surface area (Å²) >= 11 is 3.49. The van der Waals surface area contributed by atoms with Gasteiger partial charge in [-0.2, -0.15) is 0 Å². The zero-order valence-corrected chi connectivity index (χ0v) is 27.6. The SMILES string of the molecule is C/C(=C\[C@@H]1C[C@@H](OCc2ccccc2)C[C@H](CCOCc2ccc(Br)cc2)O1)[C@H]1O[C@@H]1CO[Si](C)(C)C(C)(C)C. The molecule has 220 valence electrons. The molecule has 0 aromatic heterocycles. The minimum absolute atomic E-state index is 0.00263. The summed E-state index contributed by atoms with van der Waals surface area (Å²) in [6.07, 6.45) is 5.30. The molecule has 0 N–H and O–H groups in total. The fraction of sp³-hybridized carbons (Fsp3) is 0.576. The van der Waals surface area contributed by atoms with Gasteiger partial charge in [-0.15, -0.1) is 0 Å². The lowest BCUT2D eigenvalue weighted by Crippen LogP contribution is -2.41. The molecule has 2 heterocycles. The van der Waals surface area contributed by atoms with Gasteiger partial charge >= 0.3 is 0 Å². The predicted octanol–water partition coefficient (Wildman–Crippen LogP) is 8.22. The topological polar surface area (TPSA) is 49.5 Å². The van der Waals surface area contributed by atoms with E-state index in [-0.39, 0.29) is 35.6 Å². The lowest BCUT2D eigenvalue weighted by Gasteiger charge is -2.36. The Hall–Kier alpha value is -1.32. The number of hydrogen-bond donors (Lipinski definition) is 0. The molecule has 0 amide bonds. The first-order valence-corrected chi connectivity index (χ1v) is 18.3. The quantitative estimate of drug-likeness (QED) is 0.0965. The highest BCUT2D eigenvalue weighted by atomic mass is 79.9. The van der Waals surface area contributed by atoms with E-state index in [4.69, 9.17) is 23.4 Å². The molecule has 2 fully saturated rings. The van der Waals surface area contributed by atoms with Gasteiger partial charge in [-0.05, 0) is 60.3 Å². The van der Waals surface area contributed by atoms with Crippen molar-refractivity contribution in [3.8, 4) is 0 Å². The van der Waals surface area contributed by atoms with Crippen LogP contribution in [-0.4, -0.2) is 52.1 Å².